The summed E-state index contributed by atoms with van der Waals surface area (Å²) >= 11 is 6.21. The van der Waals surface area contributed by atoms with Crippen LogP contribution in [0.2, 0.25) is 5.02 Å². The highest BCUT2D eigenvalue weighted by Crippen LogP contribution is 2.51. The van der Waals surface area contributed by atoms with E-state index < -0.39 is 0 Å². The van der Waals surface area contributed by atoms with Crippen molar-refractivity contribution in [3.8, 4) is 0 Å². The Labute approximate surface area is 182 Å². The van der Waals surface area contributed by atoms with Crippen molar-refractivity contribution in [3.63, 3.8) is 0 Å². The SMILES string of the molecule is Cc1ccc(C2=C[C@H](c3ccc(Cl)cc3)[C@H]3CCCc4c3n2c2ccccc42)cc1. The Morgan fingerprint density at radius 2 is 1.67 bits per heavy atom. The van der Waals surface area contributed by atoms with Crippen molar-refractivity contribution in [2.75, 3.05) is 0 Å². The second-order valence-electron chi connectivity index (χ2n) is 8.71. The molecule has 0 bridgehead atoms. The Bertz CT molecular complexity index is 1270. The first kappa shape index (κ1) is 18.0. The predicted molar refractivity (Wildman–Crippen MR) is 126 cm³/mol. The van der Waals surface area contributed by atoms with Crippen LogP contribution in [0.4, 0.5) is 0 Å². The minimum atomic E-state index is 0.370. The van der Waals surface area contributed by atoms with Gasteiger partial charge in [0.25, 0.3) is 0 Å². The average Bonchev–Trinajstić information content (AvgIpc) is 3.12. The van der Waals surface area contributed by atoms with Gasteiger partial charge in [-0.15, -0.1) is 0 Å². The average molecular weight is 410 g/mol. The van der Waals surface area contributed by atoms with E-state index in [2.05, 4.69) is 78.2 Å². The summed E-state index contributed by atoms with van der Waals surface area (Å²) in [5, 5.41) is 2.22. The quantitative estimate of drug-likeness (QED) is 0.319. The second-order valence-corrected chi connectivity index (χ2v) is 9.15. The van der Waals surface area contributed by atoms with Crippen LogP contribution in [0.15, 0.2) is 78.9 Å². The van der Waals surface area contributed by atoms with E-state index in [0.29, 0.717) is 11.8 Å². The van der Waals surface area contributed by atoms with E-state index >= 15 is 0 Å². The lowest BCUT2D eigenvalue weighted by atomic mass is 9.73. The summed E-state index contributed by atoms with van der Waals surface area (Å²) in [6.07, 6.45) is 6.17. The molecular formula is C28H24ClN. The largest absolute Gasteiger partial charge is 0.313 e. The van der Waals surface area contributed by atoms with Crippen LogP contribution in [0.5, 0.6) is 0 Å². The van der Waals surface area contributed by atoms with E-state index in [1.54, 1.807) is 5.56 Å². The van der Waals surface area contributed by atoms with Gasteiger partial charge in [0.2, 0.25) is 0 Å². The molecule has 0 saturated heterocycles. The standard InChI is InChI=1S/C28H24ClN/c1-18-9-11-20(12-10-18)27-17-25(19-13-15-21(29)16-14-19)24-7-4-6-23-22-5-2-3-8-26(22)30(27)28(23)24/h2-3,5,8-17,24-25H,4,6-7H2,1H3/t24-,25-/m1/s1. The highest BCUT2D eigenvalue weighted by atomic mass is 35.5. The number of aryl methyl sites for hydroxylation is 2. The maximum atomic E-state index is 6.21. The summed E-state index contributed by atoms with van der Waals surface area (Å²) in [6, 6.07) is 26.4. The third kappa shape index (κ3) is 2.69. The van der Waals surface area contributed by atoms with Gasteiger partial charge in [-0.25, -0.2) is 0 Å². The fourth-order valence-corrected chi connectivity index (χ4v) is 5.67. The van der Waals surface area contributed by atoms with Crippen molar-refractivity contribution in [1.29, 1.82) is 0 Å². The summed E-state index contributed by atoms with van der Waals surface area (Å²) in [5.41, 5.74) is 9.67. The molecule has 2 heterocycles. The summed E-state index contributed by atoms with van der Waals surface area (Å²) < 4.78 is 2.56. The van der Waals surface area contributed by atoms with Crippen molar-refractivity contribution < 1.29 is 0 Å². The maximum absolute atomic E-state index is 6.21. The second kappa shape index (κ2) is 6.89. The number of allylic oxidation sites excluding steroid dienone is 1. The molecular weight excluding hydrogens is 386 g/mol. The van der Waals surface area contributed by atoms with Crippen LogP contribution >= 0.6 is 11.6 Å². The number of para-hydroxylation sites is 1. The van der Waals surface area contributed by atoms with Crippen LogP contribution in [-0.4, -0.2) is 4.57 Å². The maximum Gasteiger partial charge on any atom is 0.0534 e. The van der Waals surface area contributed by atoms with Crippen molar-refractivity contribution in [2.24, 2.45) is 0 Å². The van der Waals surface area contributed by atoms with Crippen molar-refractivity contribution >= 4 is 28.2 Å². The highest BCUT2D eigenvalue weighted by molar-refractivity contribution is 6.30. The first-order chi connectivity index (χ1) is 14.7. The van der Waals surface area contributed by atoms with E-state index in [4.69, 9.17) is 11.6 Å². The van der Waals surface area contributed by atoms with Gasteiger partial charge < -0.3 is 4.57 Å². The third-order valence-corrected chi connectivity index (χ3v) is 7.18. The molecule has 0 fully saturated rings. The van der Waals surface area contributed by atoms with Gasteiger partial charge in [-0.05, 0) is 61.1 Å². The van der Waals surface area contributed by atoms with Gasteiger partial charge in [0.1, 0.15) is 0 Å². The lowest BCUT2D eigenvalue weighted by molar-refractivity contribution is 0.489. The number of halogens is 1. The van der Waals surface area contributed by atoms with E-state index in [0.717, 1.165) is 5.02 Å². The van der Waals surface area contributed by atoms with Gasteiger partial charge in [0, 0.05) is 33.6 Å². The molecule has 2 heteroatoms. The molecule has 0 saturated carbocycles. The topological polar surface area (TPSA) is 4.93 Å². The van der Waals surface area contributed by atoms with E-state index in [1.165, 1.54) is 58.2 Å². The summed E-state index contributed by atoms with van der Waals surface area (Å²) in [5.74, 6) is 0.881. The molecule has 3 aromatic carbocycles. The van der Waals surface area contributed by atoms with E-state index in [9.17, 15) is 0 Å². The number of hydrogen-bond acceptors (Lipinski definition) is 0. The Morgan fingerprint density at radius 1 is 0.900 bits per heavy atom. The predicted octanol–water partition coefficient (Wildman–Crippen LogP) is 7.71. The highest BCUT2D eigenvalue weighted by Gasteiger charge is 2.37. The van der Waals surface area contributed by atoms with Gasteiger partial charge in [-0.2, -0.15) is 0 Å². The molecule has 2 atom stereocenters. The van der Waals surface area contributed by atoms with Crippen LogP contribution in [-0.2, 0) is 6.42 Å². The number of nitrogens with zero attached hydrogens (tertiary/aromatic N) is 1. The number of hydrogen-bond donors (Lipinski definition) is 0. The molecule has 0 radical (unpaired) electrons. The van der Waals surface area contributed by atoms with Crippen LogP contribution in [0.1, 0.15) is 52.6 Å². The van der Waals surface area contributed by atoms with Gasteiger partial charge in [0.15, 0.2) is 0 Å². The normalized spacial score (nSPS) is 20.1. The monoisotopic (exact) mass is 409 g/mol. The molecule has 2 aliphatic rings. The fourth-order valence-electron chi connectivity index (χ4n) is 5.55. The molecule has 148 valence electrons. The first-order valence-corrected chi connectivity index (χ1v) is 11.3. The van der Waals surface area contributed by atoms with Crippen LogP contribution < -0.4 is 0 Å². The fraction of sp³-hybridized carbons (Fsp3) is 0.214. The van der Waals surface area contributed by atoms with Gasteiger partial charge in [-0.1, -0.05) is 77.8 Å². The molecule has 1 nitrogen and oxygen atoms in total. The molecule has 0 unspecified atom stereocenters. The van der Waals surface area contributed by atoms with Crippen LogP contribution in [0.3, 0.4) is 0 Å². The molecule has 30 heavy (non-hydrogen) atoms. The summed E-state index contributed by atoms with van der Waals surface area (Å²) in [6.45, 7) is 2.15. The number of aromatic nitrogens is 1. The minimum absolute atomic E-state index is 0.370. The summed E-state index contributed by atoms with van der Waals surface area (Å²) in [7, 11) is 0. The Morgan fingerprint density at radius 3 is 2.47 bits per heavy atom. The lowest BCUT2D eigenvalue weighted by Gasteiger charge is -2.36. The van der Waals surface area contributed by atoms with Gasteiger partial charge in [-0.3, -0.25) is 0 Å². The molecule has 1 aromatic heterocycles. The smallest absolute Gasteiger partial charge is 0.0534 e. The van der Waals surface area contributed by atoms with Crippen molar-refractivity contribution in [3.05, 3.63) is 112 Å². The third-order valence-electron chi connectivity index (χ3n) is 6.93. The molecule has 0 N–H and O–H groups in total. The van der Waals surface area contributed by atoms with Gasteiger partial charge >= 0.3 is 0 Å². The van der Waals surface area contributed by atoms with Crippen LogP contribution in [0, 0.1) is 6.92 Å². The number of rotatable bonds is 2. The van der Waals surface area contributed by atoms with Crippen LogP contribution in [0.25, 0.3) is 16.6 Å². The molecule has 0 amide bonds. The number of benzene rings is 3. The number of fused-ring (bicyclic) bond motifs is 3. The molecule has 1 aliphatic carbocycles. The zero-order valence-electron chi connectivity index (χ0n) is 17.1. The van der Waals surface area contributed by atoms with Crippen molar-refractivity contribution in [2.45, 2.75) is 38.0 Å². The van der Waals surface area contributed by atoms with Gasteiger partial charge in [0.05, 0.1) is 5.52 Å². The molecule has 6 rings (SSSR count). The molecule has 4 aromatic rings. The van der Waals surface area contributed by atoms with Crippen molar-refractivity contribution in [1.82, 2.24) is 4.57 Å². The Balaban J connectivity index is 1.65. The van der Waals surface area contributed by atoms with E-state index in [-0.39, 0.29) is 0 Å². The van der Waals surface area contributed by atoms with E-state index in [1.807, 2.05) is 12.1 Å². The summed E-state index contributed by atoms with van der Waals surface area (Å²) in [4.78, 5) is 0. The Kier molecular flexibility index (Phi) is 4.14. The molecule has 0 spiro atoms. The molecule has 1 aliphatic heterocycles. The first-order valence-electron chi connectivity index (χ1n) is 10.9. The zero-order chi connectivity index (χ0) is 20.2. The minimum Gasteiger partial charge on any atom is -0.313 e. The lowest BCUT2D eigenvalue weighted by Crippen LogP contribution is -2.24. The zero-order valence-corrected chi connectivity index (χ0v) is 17.9. The Hall–Kier alpha value is -2.77.